The Balaban J connectivity index is 2.26. The molecule has 4 atom stereocenters. The second-order valence-corrected chi connectivity index (χ2v) is 12.4. The molecule has 1 unspecified atom stereocenters. The number of carbonyl (C=O) groups excluding carboxylic acids is 1. The zero-order valence-electron chi connectivity index (χ0n) is 19.4. The number of carboxylic acid groups (broad SMARTS) is 1. The van der Waals surface area contributed by atoms with Crippen LogP contribution in [0.4, 0.5) is 0 Å². The molecule has 2 aromatic carbocycles. The van der Waals surface area contributed by atoms with Crippen LogP contribution in [0.3, 0.4) is 0 Å². The third-order valence-corrected chi connectivity index (χ3v) is 7.97. The highest BCUT2D eigenvalue weighted by Crippen LogP contribution is 2.52. The maximum Gasteiger partial charge on any atom is 0.304 e. The number of carboxylic acids is 1. The molecule has 1 aliphatic rings. The molecule has 0 spiro atoms. The Morgan fingerprint density at radius 2 is 1.79 bits per heavy atom. The van der Waals surface area contributed by atoms with E-state index in [1.807, 2.05) is 37.3 Å². The van der Waals surface area contributed by atoms with E-state index in [9.17, 15) is 23.1 Å². The van der Waals surface area contributed by atoms with Gasteiger partial charge in [0.2, 0.25) is 5.91 Å². The van der Waals surface area contributed by atoms with E-state index in [1.54, 1.807) is 30.0 Å². The van der Waals surface area contributed by atoms with Crippen molar-refractivity contribution in [3.8, 4) is 0 Å². The molecule has 34 heavy (non-hydrogen) atoms. The number of halogens is 2. The molecule has 1 fully saturated rings. The zero-order valence-corrected chi connectivity index (χ0v) is 21.7. The molecule has 3 rings (SSSR count). The maximum absolute atomic E-state index is 14.0. The van der Waals surface area contributed by atoms with Crippen LogP contribution in [-0.4, -0.2) is 48.4 Å². The van der Waals surface area contributed by atoms with Crippen LogP contribution in [0.5, 0.6) is 0 Å². The van der Waals surface area contributed by atoms with Gasteiger partial charge in [0, 0.05) is 28.3 Å². The first kappa shape index (κ1) is 26.5. The number of rotatable bonds is 8. The molecule has 1 heterocycles. The van der Waals surface area contributed by atoms with Crippen molar-refractivity contribution in [1.29, 1.82) is 0 Å². The lowest BCUT2D eigenvalue weighted by Crippen LogP contribution is -2.57. The molecule has 1 N–H and O–H groups in total. The number of sulfone groups is 1. The van der Waals surface area contributed by atoms with Crippen LogP contribution >= 0.6 is 23.2 Å². The van der Waals surface area contributed by atoms with E-state index in [4.69, 9.17) is 23.2 Å². The number of hydrogen-bond donors (Lipinski definition) is 1. The number of benzene rings is 2. The summed E-state index contributed by atoms with van der Waals surface area (Å²) in [6.45, 7) is 3.48. The average molecular weight is 526 g/mol. The SMILES string of the molecule is CCC(CS(C)(=O)=O)N1C(=O)[C@@](C)(CC(=O)O)C[C@H](c2cccc(Cl)c2)[C@H]1c1ccc(Cl)cc1. The van der Waals surface area contributed by atoms with Gasteiger partial charge in [-0.1, -0.05) is 61.3 Å². The summed E-state index contributed by atoms with van der Waals surface area (Å²) in [5.74, 6) is -1.97. The summed E-state index contributed by atoms with van der Waals surface area (Å²) in [5, 5.41) is 10.7. The standard InChI is InChI=1S/C25H29Cl2NO5S/c1-4-20(15-34(3,32)33)28-23(16-8-10-18(26)11-9-16)21(17-6-5-7-19(27)12-17)13-25(2,24(28)31)14-22(29)30/h5-12,20-21,23H,4,13-15H2,1-3H3,(H,29,30)/t20?,21-,23-,25-/m1/s1. The summed E-state index contributed by atoms with van der Waals surface area (Å²) in [7, 11) is -3.42. The minimum atomic E-state index is -3.42. The van der Waals surface area contributed by atoms with Crippen LogP contribution in [0.15, 0.2) is 48.5 Å². The molecule has 0 saturated carbocycles. The monoisotopic (exact) mass is 525 g/mol. The first-order valence-corrected chi connectivity index (χ1v) is 13.9. The van der Waals surface area contributed by atoms with Gasteiger partial charge < -0.3 is 10.0 Å². The van der Waals surface area contributed by atoms with Crippen LogP contribution in [0.1, 0.15) is 56.2 Å². The highest BCUT2D eigenvalue weighted by Gasteiger charge is 2.52. The van der Waals surface area contributed by atoms with E-state index in [1.165, 1.54) is 0 Å². The molecular formula is C25H29Cl2NO5S. The predicted molar refractivity (Wildman–Crippen MR) is 134 cm³/mol. The van der Waals surface area contributed by atoms with Crippen LogP contribution < -0.4 is 0 Å². The minimum absolute atomic E-state index is 0.218. The average Bonchev–Trinajstić information content (AvgIpc) is 2.73. The highest BCUT2D eigenvalue weighted by atomic mass is 35.5. The Kier molecular flexibility index (Phi) is 8.00. The molecule has 0 aliphatic carbocycles. The molecule has 1 amide bonds. The van der Waals surface area contributed by atoms with Gasteiger partial charge in [-0.3, -0.25) is 9.59 Å². The zero-order chi connectivity index (χ0) is 25.3. The van der Waals surface area contributed by atoms with Crippen LogP contribution in [0.25, 0.3) is 0 Å². The van der Waals surface area contributed by atoms with Gasteiger partial charge >= 0.3 is 5.97 Å². The Morgan fingerprint density at radius 1 is 1.15 bits per heavy atom. The quantitative estimate of drug-likeness (QED) is 0.501. The Labute approximate surface area is 210 Å². The summed E-state index contributed by atoms with van der Waals surface area (Å²) < 4.78 is 24.6. The largest absolute Gasteiger partial charge is 0.481 e. The first-order valence-electron chi connectivity index (χ1n) is 11.1. The van der Waals surface area contributed by atoms with Crippen LogP contribution in [0.2, 0.25) is 10.0 Å². The van der Waals surface area contributed by atoms with Crippen LogP contribution in [0, 0.1) is 5.41 Å². The molecule has 0 aromatic heterocycles. The first-order chi connectivity index (χ1) is 15.8. The van der Waals surface area contributed by atoms with Crippen molar-refractivity contribution in [2.24, 2.45) is 5.41 Å². The topological polar surface area (TPSA) is 91.8 Å². The molecule has 0 radical (unpaired) electrons. The van der Waals surface area contributed by atoms with Gasteiger partial charge in [0.15, 0.2) is 0 Å². The van der Waals surface area contributed by atoms with Crippen molar-refractivity contribution in [1.82, 2.24) is 4.90 Å². The number of aliphatic carboxylic acids is 1. The second kappa shape index (κ2) is 10.3. The number of carbonyl (C=O) groups is 2. The molecule has 0 bridgehead atoms. The summed E-state index contributed by atoms with van der Waals surface area (Å²) >= 11 is 12.4. The van der Waals surface area contributed by atoms with E-state index >= 15 is 0 Å². The lowest BCUT2D eigenvalue weighted by atomic mass is 9.67. The smallest absolute Gasteiger partial charge is 0.304 e. The van der Waals surface area contributed by atoms with Gasteiger partial charge in [-0.05, 0) is 48.2 Å². The summed E-state index contributed by atoms with van der Waals surface area (Å²) in [6, 6.07) is 13.3. The van der Waals surface area contributed by atoms with E-state index in [-0.39, 0.29) is 30.4 Å². The molecule has 184 valence electrons. The van der Waals surface area contributed by atoms with Crippen LogP contribution in [-0.2, 0) is 19.4 Å². The van der Waals surface area contributed by atoms with E-state index in [0.29, 0.717) is 16.5 Å². The molecule has 1 aliphatic heterocycles. The summed E-state index contributed by atoms with van der Waals surface area (Å²) in [6.07, 6.45) is 1.46. The number of piperidine rings is 1. The highest BCUT2D eigenvalue weighted by molar-refractivity contribution is 7.90. The summed E-state index contributed by atoms with van der Waals surface area (Å²) in [5.41, 5.74) is 0.440. The van der Waals surface area contributed by atoms with Crippen molar-refractivity contribution < 1.29 is 23.1 Å². The number of hydrogen-bond acceptors (Lipinski definition) is 4. The lowest BCUT2D eigenvalue weighted by molar-refractivity contribution is -0.160. The van der Waals surface area contributed by atoms with Gasteiger partial charge in [0.05, 0.1) is 23.6 Å². The third kappa shape index (κ3) is 5.93. The van der Waals surface area contributed by atoms with Gasteiger partial charge in [-0.15, -0.1) is 0 Å². The third-order valence-electron chi connectivity index (χ3n) is 6.49. The second-order valence-electron chi connectivity index (χ2n) is 9.36. The number of likely N-dealkylation sites (tertiary alicyclic amines) is 1. The van der Waals surface area contributed by atoms with Crippen molar-refractivity contribution in [3.05, 3.63) is 69.7 Å². The van der Waals surface area contributed by atoms with Crippen molar-refractivity contribution >= 4 is 44.9 Å². The van der Waals surface area contributed by atoms with E-state index in [2.05, 4.69) is 0 Å². The molecule has 1 saturated heterocycles. The fourth-order valence-electron chi connectivity index (χ4n) is 5.03. The molecule has 9 heteroatoms. The fourth-order valence-corrected chi connectivity index (χ4v) is 6.45. The maximum atomic E-state index is 14.0. The van der Waals surface area contributed by atoms with E-state index < -0.39 is 33.3 Å². The van der Waals surface area contributed by atoms with Gasteiger partial charge in [-0.25, -0.2) is 8.42 Å². The van der Waals surface area contributed by atoms with E-state index in [0.717, 1.165) is 17.4 Å². The van der Waals surface area contributed by atoms with Gasteiger partial charge in [0.25, 0.3) is 0 Å². The Hall–Kier alpha value is -2.09. The van der Waals surface area contributed by atoms with Crippen molar-refractivity contribution in [2.75, 3.05) is 12.0 Å². The Bertz CT molecular complexity index is 1170. The Morgan fingerprint density at radius 3 is 2.32 bits per heavy atom. The van der Waals surface area contributed by atoms with Crippen molar-refractivity contribution in [2.45, 2.75) is 51.1 Å². The molecule has 2 aromatic rings. The molecule has 6 nitrogen and oxygen atoms in total. The fraction of sp³-hybridized carbons (Fsp3) is 0.440. The summed E-state index contributed by atoms with van der Waals surface area (Å²) in [4.78, 5) is 27.4. The van der Waals surface area contributed by atoms with Gasteiger partial charge in [0.1, 0.15) is 9.84 Å². The molecular weight excluding hydrogens is 497 g/mol. The van der Waals surface area contributed by atoms with Gasteiger partial charge in [-0.2, -0.15) is 0 Å². The normalized spacial score (nSPS) is 24.1. The lowest BCUT2D eigenvalue weighted by Gasteiger charge is -2.51. The number of nitrogens with zero attached hydrogens (tertiary/aromatic N) is 1. The predicted octanol–water partition coefficient (Wildman–Crippen LogP) is 5.35. The van der Waals surface area contributed by atoms with Crippen molar-refractivity contribution in [3.63, 3.8) is 0 Å². The minimum Gasteiger partial charge on any atom is -0.481 e. The number of amides is 1.